The number of aryl methyl sites for hydroxylation is 2. The highest BCUT2D eigenvalue weighted by atomic mass is 35.5. The van der Waals surface area contributed by atoms with Crippen LogP contribution in [-0.4, -0.2) is 34.0 Å². The molecule has 1 fully saturated rings. The molecule has 3 aromatic carbocycles. The summed E-state index contributed by atoms with van der Waals surface area (Å²) in [6.07, 6.45) is 5.21. The second kappa shape index (κ2) is 12.2. The van der Waals surface area contributed by atoms with E-state index in [1.165, 1.54) is 0 Å². The van der Waals surface area contributed by atoms with E-state index >= 15 is 0 Å². The molecule has 0 amide bonds. The van der Waals surface area contributed by atoms with Gasteiger partial charge in [0, 0.05) is 30.8 Å². The number of ether oxygens (including phenoxy) is 2. The van der Waals surface area contributed by atoms with Gasteiger partial charge in [-0.25, -0.2) is 9.97 Å². The number of nitrogens with zero attached hydrogens (tertiary/aromatic N) is 3. The molecule has 1 saturated heterocycles. The van der Waals surface area contributed by atoms with Crippen LogP contribution in [0.1, 0.15) is 41.6 Å². The molecule has 7 heteroatoms. The lowest BCUT2D eigenvalue weighted by Crippen LogP contribution is -2.39. The summed E-state index contributed by atoms with van der Waals surface area (Å²) in [5.74, 6) is 0. The zero-order valence-electron chi connectivity index (χ0n) is 23.9. The van der Waals surface area contributed by atoms with Crippen LogP contribution in [0.15, 0.2) is 95.9 Å². The summed E-state index contributed by atoms with van der Waals surface area (Å²) in [5.41, 5.74) is 5.65. The van der Waals surface area contributed by atoms with Crippen LogP contribution in [0, 0.1) is 6.92 Å². The number of rotatable bonds is 8. The number of hydrogen-bond acceptors (Lipinski definition) is 5. The summed E-state index contributed by atoms with van der Waals surface area (Å²) in [6.45, 7) is 2.89. The van der Waals surface area contributed by atoms with Crippen LogP contribution in [0.3, 0.4) is 0 Å². The monoisotopic (exact) mass is 579 g/mol. The Kier molecular flexibility index (Phi) is 8.20. The maximum absolute atomic E-state index is 12.4. The van der Waals surface area contributed by atoms with Crippen molar-refractivity contribution in [3.63, 3.8) is 0 Å². The average Bonchev–Trinajstić information content (AvgIpc) is 3.02. The first-order chi connectivity index (χ1) is 20.4. The van der Waals surface area contributed by atoms with Crippen molar-refractivity contribution < 1.29 is 9.47 Å². The van der Waals surface area contributed by atoms with Gasteiger partial charge >= 0.3 is 0 Å². The standard InChI is InChI=1S/C35H34ClN3O3/c1-24-19-27(22-39(2)33(24)40)26-16-17-30-29(20-26)32(38-34(36)37-30)35(28-13-7-4-8-14-28,21-25-11-5-3-6-12-25)23-42-31-15-9-10-18-41-31/h3-8,11-14,16-17,19-20,22,31H,9-10,15,18,21,23H2,1-2H3. The fourth-order valence-electron chi connectivity index (χ4n) is 5.98. The van der Waals surface area contributed by atoms with Gasteiger partial charge in [0.2, 0.25) is 5.28 Å². The summed E-state index contributed by atoms with van der Waals surface area (Å²) in [4.78, 5) is 22.0. The third kappa shape index (κ3) is 5.75. The summed E-state index contributed by atoms with van der Waals surface area (Å²) in [6, 6.07) is 28.8. The highest BCUT2D eigenvalue weighted by molar-refractivity contribution is 6.28. The average molecular weight is 580 g/mol. The minimum Gasteiger partial charge on any atom is -0.353 e. The Balaban J connectivity index is 1.59. The minimum atomic E-state index is -0.702. The molecular formula is C35H34ClN3O3. The molecule has 1 aliphatic heterocycles. The molecule has 42 heavy (non-hydrogen) atoms. The van der Waals surface area contributed by atoms with E-state index < -0.39 is 5.41 Å². The van der Waals surface area contributed by atoms with Crippen LogP contribution in [0.5, 0.6) is 0 Å². The van der Waals surface area contributed by atoms with E-state index in [4.69, 9.17) is 26.1 Å². The first kappa shape index (κ1) is 28.3. The Labute approximate surface area is 250 Å². The molecule has 6 rings (SSSR count). The predicted molar refractivity (Wildman–Crippen MR) is 167 cm³/mol. The summed E-state index contributed by atoms with van der Waals surface area (Å²) in [5, 5.41) is 1.07. The smallest absolute Gasteiger partial charge is 0.253 e. The fraction of sp³-hybridized carbons (Fsp3) is 0.286. The van der Waals surface area contributed by atoms with Crippen LogP contribution >= 0.6 is 11.6 Å². The van der Waals surface area contributed by atoms with Crippen molar-refractivity contribution in [1.82, 2.24) is 14.5 Å². The molecule has 0 bridgehead atoms. The fourth-order valence-corrected chi connectivity index (χ4v) is 6.16. The van der Waals surface area contributed by atoms with Gasteiger partial charge < -0.3 is 14.0 Å². The molecule has 2 atom stereocenters. The summed E-state index contributed by atoms with van der Waals surface area (Å²) >= 11 is 6.66. The predicted octanol–water partition coefficient (Wildman–Crippen LogP) is 7.03. The molecule has 1 aliphatic rings. The first-order valence-electron chi connectivity index (χ1n) is 14.4. The van der Waals surface area contributed by atoms with Gasteiger partial charge in [0.25, 0.3) is 5.56 Å². The second-order valence-corrected chi connectivity index (χ2v) is 11.5. The highest BCUT2D eigenvalue weighted by Crippen LogP contribution is 2.41. The Morgan fingerprint density at radius 1 is 0.976 bits per heavy atom. The highest BCUT2D eigenvalue weighted by Gasteiger charge is 2.39. The van der Waals surface area contributed by atoms with Gasteiger partial charge in [0.15, 0.2) is 6.29 Å². The summed E-state index contributed by atoms with van der Waals surface area (Å²) in [7, 11) is 1.78. The third-order valence-corrected chi connectivity index (χ3v) is 8.32. The molecular weight excluding hydrogens is 546 g/mol. The maximum Gasteiger partial charge on any atom is 0.253 e. The third-order valence-electron chi connectivity index (χ3n) is 8.15. The van der Waals surface area contributed by atoms with Gasteiger partial charge in [-0.1, -0.05) is 66.7 Å². The molecule has 0 aliphatic carbocycles. The molecule has 6 nitrogen and oxygen atoms in total. The number of benzene rings is 3. The van der Waals surface area contributed by atoms with E-state index in [0.29, 0.717) is 25.2 Å². The van der Waals surface area contributed by atoms with E-state index in [9.17, 15) is 4.79 Å². The molecule has 5 aromatic rings. The normalized spacial score (nSPS) is 16.8. The molecule has 0 spiro atoms. The van der Waals surface area contributed by atoms with E-state index in [0.717, 1.165) is 58.1 Å². The largest absolute Gasteiger partial charge is 0.353 e. The Bertz CT molecular complexity index is 1720. The zero-order valence-corrected chi connectivity index (χ0v) is 24.7. The lowest BCUT2D eigenvalue weighted by atomic mass is 9.72. The van der Waals surface area contributed by atoms with Crippen LogP contribution in [0.25, 0.3) is 22.0 Å². The number of hydrogen-bond donors (Lipinski definition) is 0. The van der Waals surface area contributed by atoms with Crippen molar-refractivity contribution in [2.75, 3.05) is 13.2 Å². The van der Waals surface area contributed by atoms with E-state index in [1.54, 1.807) is 11.6 Å². The van der Waals surface area contributed by atoms with Crippen LogP contribution in [0.2, 0.25) is 5.28 Å². The van der Waals surface area contributed by atoms with Gasteiger partial charge in [-0.3, -0.25) is 4.79 Å². The number of aromatic nitrogens is 3. The van der Waals surface area contributed by atoms with Crippen LogP contribution in [-0.2, 0) is 28.4 Å². The lowest BCUT2D eigenvalue weighted by Gasteiger charge is -2.37. The second-order valence-electron chi connectivity index (χ2n) is 11.1. The van der Waals surface area contributed by atoms with Crippen LogP contribution in [0.4, 0.5) is 0 Å². The Hall–Kier alpha value is -3.84. The van der Waals surface area contributed by atoms with Crippen LogP contribution < -0.4 is 5.56 Å². The molecule has 2 unspecified atom stereocenters. The zero-order chi connectivity index (χ0) is 29.1. The Morgan fingerprint density at radius 2 is 1.74 bits per heavy atom. The Morgan fingerprint density at radius 3 is 2.45 bits per heavy atom. The van der Waals surface area contributed by atoms with Crippen molar-refractivity contribution in [3.8, 4) is 11.1 Å². The van der Waals surface area contributed by atoms with E-state index in [2.05, 4.69) is 59.6 Å². The van der Waals surface area contributed by atoms with Crippen molar-refractivity contribution in [2.24, 2.45) is 7.05 Å². The van der Waals surface area contributed by atoms with Gasteiger partial charge in [0.1, 0.15) is 0 Å². The lowest BCUT2D eigenvalue weighted by molar-refractivity contribution is -0.169. The quantitative estimate of drug-likeness (QED) is 0.185. The molecule has 0 saturated carbocycles. The minimum absolute atomic E-state index is 0.0108. The van der Waals surface area contributed by atoms with Crippen molar-refractivity contribution >= 4 is 22.5 Å². The molecule has 2 aromatic heterocycles. The molecule has 0 radical (unpaired) electrons. The summed E-state index contributed by atoms with van der Waals surface area (Å²) < 4.78 is 14.2. The van der Waals surface area contributed by atoms with E-state index in [-0.39, 0.29) is 17.1 Å². The van der Waals surface area contributed by atoms with Gasteiger partial charge in [0.05, 0.1) is 23.2 Å². The van der Waals surface area contributed by atoms with Crippen molar-refractivity contribution in [3.05, 3.63) is 129 Å². The van der Waals surface area contributed by atoms with Gasteiger partial charge in [-0.05, 0) is 84.7 Å². The SMILES string of the molecule is Cc1cc(-c2ccc3nc(Cl)nc(C(COC4CCCCO4)(Cc4ccccc4)c4ccccc4)c3c2)cn(C)c1=O. The molecule has 3 heterocycles. The maximum atomic E-state index is 12.4. The molecule has 0 N–H and O–H groups in total. The first-order valence-corrected chi connectivity index (χ1v) is 14.8. The van der Waals surface area contributed by atoms with Gasteiger partial charge in [-0.2, -0.15) is 0 Å². The number of pyridine rings is 1. The van der Waals surface area contributed by atoms with Crippen molar-refractivity contribution in [2.45, 2.75) is 44.3 Å². The van der Waals surface area contributed by atoms with Crippen molar-refractivity contribution in [1.29, 1.82) is 0 Å². The number of halogens is 1. The van der Waals surface area contributed by atoms with Gasteiger partial charge in [-0.15, -0.1) is 0 Å². The number of fused-ring (bicyclic) bond motifs is 1. The molecule has 214 valence electrons. The van der Waals surface area contributed by atoms with E-state index in [1.807, 2.05) is 43.5 Å². The topological polar surface area (TPSA) is 66.2 Å².